The fourth-order valence-electron chi connectivity index (χ4n) is 4.00. The fraction of sp³-hybridized carbons (Fsp3) is 0.0741. The number of nitrogens with one attached hydrogen (secondary N) is 1. The lowest BCUT2D eigenvalue weighted by Gasteiger charge is -2.12. The second kappa shape index (κ2) is 9.82. The van der Waals surface area contributed by atoms with Crippen molar-refractivity contribution in [1.29, 1.82) is 0 Å². The number of amides is 3. The van der Waals surface area contributed by atoms with Crippen LogP contribution in [-0.2, 0) is 16.1 Å². The minimum atomic E-state index is -0.477. The molecule has 1 N–H and O–H groups in total. The normalized spacial score (nSPS) is 14.8. The first-order valence-corrected chi connectivity index (χ1v) is 12.1. The Balaban J connectivity index is 1.39. The molecule has 0 unspecified atom stereocenters. The Hall–Kier alpha value is -3.81. The van der Waals surface area contributed by atoms with Crippen LogP contribution in [0.2, 0.25) is 5.02 Å². The van der Waals surface area contributed by atoms with Crippen molar-refractivity contribution in [2.75, 3.05) is 11.9 Å². The standard InChI is InChI=1S/C27H20ClN3O3S/c28-20-8-6-7-18(13-20)15-30-16-19(22-11-4-5-12-23(22)30)14-24-26(33)31(27(34)35-24)17-25(32)29-21-9-2-1-3-10-21/h1-14,16H,15,17H2,(H,29,32)/b24-14-. The van der Waals surface area contributed by atoms with Crippen molar-refractivity contribution in [1.82, 2.24) is 9.47 Å². The molecule has 1 fully saturated rings. The highest BCUT2D eigenvalue weighted by molar-refractivity contribution is 8.18. The lowest BCUT2D eigenvalue weighted by atomic mass is 10.1. The number of thioether (sulfide) groups is 1. The molecule has 1 aliphatic rings. The van der Waals surface area contributed by atoms with E-state index in [-0.39, 0.29) is 11.4 Å². The molecule has 0 saturated carbocycles. The maximum Gasteiger partial charge on any atom is 0.294 e. The van der Waals surface area contributed by atoms with Crippen LogP contribution in [0.5, 0.6) is 0 Å². The quantitative estimate of drug-likeness (QED) is 0.328. The largest absolute Gasteiger partial charge is 0.342 e. The monoisotopic (exact) mass is 501 g/mol. The Labute approximate surface area is 211 Å². The van der Waals surface area contributed by atoms with Crippen LogP contribution in [0.25, 0.3) is 17.0 Å². The third kappa shape index (κ3) is 5.01. The van der Waals surface area contributed by atoms with Crippen molar-refractivity contribution in [2.45, 2.75) is 6.54 Å². The summed E-state index contributed by atoms with van der Waals surface area (Å²) >= 11 is 6.99. The Morgan fingerprint density at radius 1 is 0.971 bits per heavy atom. The lowest BCUT2D eigenvalue weighted by molar-refractivity contribution is -0.127. The summed E-state index contributed by atoms with van der Waals surface area (Å²) < 4.78 is 2.09. The van der Waals surface area contributed by atoms with Gasteiger partial charge in [-0.3, -0.25) is 19.3 Å². The van der Waals surface area contributed by atoms with Crippen molar-refractivity contribution >= 4 is 63.1 Å². The Kier molecular flexibility index (Phi) is 6.44. The van der Waals surface area contributed by atoms with Crippen LogP contribution >= 0.6 is 23.4 Å². The van der Waals surface area contributed by atoms with Gasteiger partial charge in [-0.1, -0.05) is 60.1 Å². The topological polar surface area (TPSA) is 71.4 Å². The first kappa shape index (κ1) is 23.0. The van der Waals surface area contributed by atoms with E-state index in [0.717, 1.165) is 38.7 Å². The van der Waals surface area contributed by atoms with E-state index in [0.29, 0.717) is 17.3 Å². The van der Waals surface area contributed by atoms with Crippen molar-refractivity contribution < 1.29 is 14.4 Å². The van der Waals surface area contributed by atoms with Crippen molar-refractivity contribution in [3.05, 3.63) is 106 Å². The minimum Gasteiger partial charge on any atom is -0.342 e. The molecule has 1 saturated heterocycles. The molecule has 4 aromatic rings. The molecule has 35 heavy (non-hydrogen) atoms. The Morgan fingerprint density at radius 3 is 2.54 bits per heavy atom. The van der Waals surface area contributed by atoms with Gasteiger partial charge in [-0.05, 0) is 53.7 Å². The summed E-state index contributed by atoms with van der Waals surface area (Å²) in [5, 5.41) is 3.87. The van der Waals surface area contributed by atoms with Gasteiger partial charge >= 0.3 is 0 Å². The highest BCUT2D eigenvalue weighted by atomic mass is 35.5. The summed E-state index contributed by atoms with van der Waals surface area (Å²) in [5.74, 6) is -0.909. The highest BCUT2D eigenvalue weighted by Gasteiger charge is 2.36. The van der Waals surface area contributed by atoms with E-state index >= 15 is 0 Å². The van der Waals surface area contributed by atoms with Gasteiger partial charge in [0.2, 0.25) is 5.91 Å². The van der Waals surface area contributed by atoms with Gasteiger partial charge in [0.1, 0.15) is 6.54 Å². The second-order valence-corrected chi connectivity index (χ2v) is 9.47. The third-order valence-corrected chi connectivity index (χ3v) is 6.72. The molecule has 5 rings (SSSR count). The zero-order valence-corrected chi connectivity index (χ0v) is 20.1. The van der Waals surface area contributed by atoms with Gasteiger partial charge in [0, 0.05) is 39.9 Å². The summed E-state index contributed by atoms with van der Waals surface area (Å²) in [4.78, 5) is 39.2. The molecule has 0 spiro atoms. The van der Waals surface area contributed by atoms with Crippen LogP contribution in [0.4, 0.5) is 10.5 Å². The molecule has 2 heterocycles. The van der Waals surface area contributed by atoms with Gasteiger partial charge in [0.25, 0.3) is 11.1 Å². The molecule has 0 bridgehead atoms. The molecule has 6 nitrogen and oxygen atoms in total. The average Bonchev–Trinajstić information content (AvgIpc) is 3.32. The van der Waals surface area contributed by atoms with Gasteiger partial charge in [-0.15, -0.1) is 0 Å². The van der Waals surface area contributed by atoms with E-state index in [1.807, 2.05) is 60.8 Å². The number of hydrogen-bond donors (Lipinski definition) is 1. The van der Waals surface area contributed by atoms with Crippen LogP contribution in [-0.4, -0.2) is 33.1 Å². The zero-order valence-electron chi connectivity index (χ0n) is 18.5. The van der Waals surface area contributed by atoms with Gasteiger partial charge in [0.05, 0.1) is 4.91 Å². The molecule has 3 aromatic carbocycles. The number of hydrogen-bond acceptors (Lipinski definition) is 4. The highest BCUT2D eigenvalue weighted by Crippen LogP contribution is 2.34. The summed E-state index contributed by atoms with van der Waals surface area (Å²) in [6.45, 7) is 0.267. The van der Waals surface area contributed by atoms with Crippen molar-refractivity contribution in [3.63, 3.8) is 0 Å². The fourth-order valence-corrected chi connectivity index (χ4v) is 5.04. The molecule has 1 aromatic heterocycles. The number of fused-ring (bicyclic) bond motifs is 1. The summed E-state index contributed by atoms with van der Waals surface area (Å²) in [6.07, 6.45) is 3.68. The van der Waals surface area contributed by atoms with Crippen LogP contribution in [0.1, 0.15) is 11.1 Å². The third-order valence-electron chi connectivity index (χ3n) is 5.58. The second-order valence-electron chi connectivity index (χ2n) is 8.04. The zero-order chi connectivity index (χ0) is 24.4. The first-order chi connectivity index (χ1) is 17.0. The van der Waals surface area contributed by atoms with Crippen molar-refractivity contribution in [3.8, 4) is 0 Å². The number of carbonyl (C=O) groups excluding carboxylic acids is 3. The van der Waals surface area contributed by atoms with Crippen LogP contribution in [0.3, 0.4) is 0 Å². The van der Waals surface area contributed by atoms with E-state index in [1.54, 1.807) is 30.3 Å². The minimum absolute atomic E-state index is 0.285. The summed E-state index contributed by atoms with van der Waals surface area (Å²) in [7, 11) is 0. The molecule has 0 atom stereocenters. The van der Waals surface area contributed by atoms with E-state index in [4.69, 9.17) is 11.6 Å². The molecular weight excluding hydrogens is 482 g/mol. The number of carbonyl (C=O) groups is 3. The number of halogens is 1. The summed E-state index contributed by atoms with van der Waals surface area (Å²) in [6, 6.07) is 24.5. The number of imide groups is 1. The molecular formula is C27H20ClN3O3S. The van der Waals surface area contributed by atoms with Gasteiger partial charge < -0.3 is 9.88 Å². The number of anilines is 1. The van der Waals surface area contributed by atoms with E-state index in [1.165, 1.54) is 0 Å². The number of aromatic nitrogens is 1. The van der Waals surface area contributed by atoms with Crippen molar-refractivity contribution in [2.24, 2.45) is 0 Å². The summed E-state index contributed by atoms with van der Waals surface area (Å²) in [5.41, 5.74) is 3.48. The average molecular weight is 502 g/mol. The van der Waals surface area contributed by atoms with Gasteiger partial charge in [-0.2, -0.15) is 0 Å². The van der Waals surface area contributed by atoms with E-state index < -0.39 is 17.1 Å². The Bertz CT molecular complexity index is 1480. The van der Waals surface area contributed by atoms with Gasteiger partial charge in [0.15, 0.2) is 0 Å². The van der Waals surface area contributed by atoms with Crippen LogP contribution in [0.15, 0.2) is 90.0 Å². The van der Waals surface area contributed by atoms with Gasteiger partial charge in [-0.25, -0.2) is 0 Å². The van der Waals surface area contributed by atoms with E-state index in [9.17, 15) is 14.4 Å². The number of benzene rings is 3. The predicted molar refractivity (Wildman–Crippen MR) is 140 cm³/mol. The molecule has 8 heteroatoms. The Morgan fingerprint density at radius 2 is 1.74 bits per heavy atom. The number of rotatable bonds is 6. The first-order valence-electron chi connectivity index (χ1n) is 10.9. The lowest BCUT2D eigenvalue weighted by Crippen LogP contribution is -2.36. The van der Waals surface area contributed by atoms with Crippen LogP contribution < -0.4 is 5.32 Å². The van der Waals surface area contributed by atoms with E-state index in [2.05, 4.69) is 9.88 Å². The SMILES string of the molecule is O=C(CN1C(=O)S/C(=C\c2cn(Cc3cccc(Cl)c3)c3ccccc23)C1=O)Nc1ccccc1. The maximum absolute atomic E-state index is 13.0. The molecule has 0 aliphatic carbocycles. The smallest absolute Gasteiger partial charge is 0.294 e. The number of para-hydroxylation sites is 2. The molecule has 3 amide bonds. The maximum atomic E-state index is 13.0. The molecule has 0 radical (unpaired) electrons. The predicted octanol–water partition coefficient (Wildman–Crippen LogP) is 6.02. The van der Waals surface area contributed by atoms with Crippen LogP contribution in [0, 0.1) is 0 Å². The molecule has 174 valence electrons. The number of nitrogens with zero attached hydrogens (tertiary/aromatic N) is 2. The molecule has 1 aliphatic heterocycles.